The highest BCUT2D eigenvalue weighted by Crippen LogP contribution is 2.35. The van der Waals surface area contributed by atoms with Gasteiger partial charge in [-0.25, -0.2) is 0 Å². The topological polar surface area (TPSA) is 47.7 Å². The molecule has 0 unspecified atom stereocenters. The van der Waals surface area contributed by atoms with Gasteiger partial charge in [0.25, 0.3) is 0 Å². The fourth-order valence-corrected chi connectivity index (χ4v) is 2.99. The van der Waals surface area contributed by atoms with Gasteiger partial charge in [0.05, 0.1) is 0 Å². The molecule has 104 valence electrons. The van der Waals surface area contributed by atoms with Crippen molar-refractivity contribution in [3.8, 4) is 11.5 Å². The third-order valence-corrected chi connectivity index (χ3v) is 4.11. The molecule has 1 fully saturated rings. The van der Waals surface area contributed by atoms with Crippen molar-refractivity contribution in [3.63, 3.8) is 0 Å². The highest BCUT2D eigenvalue weighted by Gasteiger charge is 2.26. The highest BCUT2D eigenvalue weighted by atomic mass is 16.7. The van der Waals surface area contributed by atoms with Crippen molar-refractivity contribution in [1.82, 2.24) is 4.90 Å². The van der Waals surface area contributed by atoms with E-state index in [-0.39, 0.29) is 0 Å². The average molecular weight is 262 g/mol. The summed E-state index contributed by atoms with van der Waals surface area (Å²) in [6, 6.07) is 4.62. The summed E-state index contributed by atoms with van der Waals surface area (Å²) in [7, 11) is 2.17. The molecule has 0 aromatic heterocycles. The van der Waals surface area contributed by atoms with Crippen LogP contribution in [0, 0.1) is 12.8 Å². The van der Waals surface area contributed by atoms with Crippen LogP contribution in [0.3, 0.4) is 0 Å². The van der Waals surface area contributed by atoms with Gasteiger partial charge >= 0.3 is 0 Å². The Kier molecular flexibility index (Phi) is 3.37. The van der Waals surface area contributed by atoms with E-state index < -0.39 is 0 Å². The van der Waals surface area contributed by atoms with Gasteiger partial charge in [-0.05, 0) is 56.0 Å². The summed E-state index contributed by atoms with van der Waals surface area (Å²) in [4.78, 5) is 2.38. The van der Waals surface area contributed by atoms with Gasteiger partial charge < -0.3 is 20.1 Å². The fraction of sp³-hybridized carbons (Fsp3) is 0.600. The minimum Gasteiger partial charge on any atom is -0.454 e. The first-order valence-electron chi connectivity index (χ1n) is 6.95. The summed E-state index contributed by atoms with van der Waals surface area (Å²) in [5, 5.41) is 0. The first kappa shape index (κ1) is 12.8. The molecule has 1 aromatic carbocycles. The first-order chi connectivity index (χ1) is 9.11. The van der Waals surface area contributed by atoms with Crippen molar-refractivity contribution in [2.24, 2.45) is 11.7 Å². The lowest BCUT2D eigenvalue weighted by atomic mass is 9.80. The van der Waals surface area contributed by atoms with E-state index in [2.05, 4.69) is 31.0 Å². The van der Waals surface area contributed by atoms with Crippen LogP contribution >= 0.6 is 0 Å². The molecule has 1 aliphatic heterocycles. The van der Waals surface area contributed by atoms with Crippen molar-refractivity contribution >= 4 is 0 Å². The summed E-state index contributed by atoms with van der Waals surface area (Å²) >= 11 is 0. The van der Waals surface area contributed by atoms with E-state index in [0.29, 0.717) is 12.8 Å². The van der Waals surface area contributed by atoms with Crippen LogP contribution in [-0.2, 0) is 6.54 Å². The van der Waals surface area contributed by atoms with Gasteiger partial charge in [0.1, 0.15) is 0 Å². The minimum atomic E-state index is 0.341. The smallest absolute Gasteiger partial charge is 0.231 e. The van der Waals surface area contributed by atoms with Gasteiger partial charge in [-0.3, -0.25) is 0 Å². The molecule has 4 nitrogen and oxygen atoms in total. The Bertz CT molecular complexity index is 469. The van der Waals surface area contributed by atoms with Crippen LogP contribution in [0.5, 0.6) is 11.5 Å². The normalized spacial score (nSPS) is 24.6. The van der Waals surface area contributed by atoms with Crippen molar-refractivity contribution in [1.29, 1.82) is 0 Å². The maximum absolute atomic E-state index is 5.83. The third-order valence-electron chi connectivity index (χ3n) is 4.11. The maximum Gasteiger partial charge on any atom is 0.231 e. The lowest BCUT2D eigenvalue weighted by Gasteiger charge is -2.35. The Balaban J connectivity index is 1.62. The second-order valence-electron chi connectivity index (χ2n) is 5.93. The predicted octanol–water partition coefficient (Wildman–Crippen LogP) is 1.89. The molecule has 0 saturated heterocycles. The van der Waals surface area contributed by atoms with Gasteiger partial charge in [-0.2, -0.15) is 0 Å². The molecule has 0 spiro atoms. The Morgan fingerprint density at radius 1 is 1.26 bits per heavy atom. The number of ether oxygens (including phenoxy) is 2. The molecule has 1 heterocycles. The number of hydrogen-bond donors (Lipinski definition) is 1. The first-order valence-corrected chi connectivity index (χ1v) is 6.95. The van der Waals surface area contributed by atoms with E-state index in [1.807, 2.05) is 0 Å². The van der Waals surface area contributed by atoms with Gasteiger partial charge in [0.15, 0.2) is 11.5 Å². The summed E-state index contributed by atoms with van der Waals surface area (Å²) in [6.45, 7) is 4.55. The average Bonchev–Trinajstić information content (AvgIpc) is 2.74. The number of aryl methyl sites for hydroxylation is 1. The van der Waals surface area contributed by atoms with E-state index in [0.717, 1.165) is 30.5 Å². The SMILES string of the molecule is Cc1cc2c(cc1CN(C)CC1CC(N)C1)OCO2. The molecule has 0 atom stereocenters. The van der Waals surface area contributed by atoms with Gasteiger partial charge in [0.2, 0.25) is 6.79 Å². The quantitative estimate of drug-likeness (QED) is 0.900. The summed E-state index contributed by atoms with van der Waals surface area (Å²) in [6.07, 6.45) is 2.34. The lowest BCUT2D eigenvalue weighted by Crippen LogP contribution is -2.41. The van der Waals surface area contributed by atoms with Crippen LogP contribution in [0.15, 0.2) is 12.1 Å². The standard InChI is InChI=1S/C15H22N2O2/c1-10-3-14-15(19-9-18-14)6-12(10)8-17(2)7-11-4-13(16)5-11/h3,6,11,13H,4-5,7-9,16H2,1-2H3. The molecule has 3 rings (SSSR count). The number of hydrogen-bond acceptors (Lipinski definition) is 4. The van der Waals surface area contributed by atoms with Crippen molar-refractivity contribution in [2.75, 3.05) is 20.4 Å². The third kappa shape index (κ3) is 2.69. The second kappa shape index (κ2) is 5.02. The van der Waals surface area contributed by atoms with E-state index in [1.165, 1.54) is 24.0 Å². The van der Waals surface area contributed by atoms with E-state index >= 15 is 0 Å². The van der Waals surface area contributed by atoms with E-state index in [9.17, 15) is 0 Å². The second-order valence-corrected chi connectivity index (χ2v) is 5.93. The Morgan fingerprint density at radius 3 is 2.63 bits per heavy atom. The number of rotatable bonds is 4. The molecule has 0 amide bonds. The van der Waals surface area contributed by atoms with Crippen LogP contribution in [0.25, 0.3) is 0 Å². The van der Waals surface area contributed by atoms with Gasteiger partial charge in [0, 0.05) is 19.1 Å². The maximum atomic E-state index is 5.83. The molecule has 4 heteroatoms. The Hall–Kier alpha value is -1.26. The van der Waals surface area contributed by atoms with Crippen molar-refractivity contribution < 1.29 is 9.47 Å². The molecule has 0 radical (unpaired) electrons. The molecule has 1 aliphatic carbocycles. The molecule has 2 aliphatic rings. The molecular weight excluding hydrogens is 240 g/mol. The molecule has 1 saturated carbocycles. The predicted molar refractivity (Wildman–Crippen MR) is 74.3 cm³/mol. The minimum absolute atomic E-state index is 0.341. The van der Waals surface area contributed by atoms with Gasteiger partial charge in [-0.15, -0.1) is 0 Å². The molecule has 0 bridgehead atoms. The molecule has 19 heavy (non-hydrogen) atoms. The Morgan fingerprint density at radius 2 is 1.95 bits per heavy atom. The van der Waals surface area contributed by atoms with Gasteiger partial charge in [-0.1, -0.05) is 0 Å². The zero-order valence-electron chi connectivity index (χ0n) is 11.7. The fourth-order valence-electron chi connectivity index (χ4n) is 2.99. The number of nitrogens with zero attached hydrogens (tertiary/aromatic N) is 1. The zero-order valence-corrected chi connectivity index (χ0v) is 11.7. The monoisotopic (exact) mass is 262 g/mol. The molecular formula is C15H22N2O2. The summed E-state index contributed by atoms with van der Waals surface area (Å²) < 4.78 is 10.8. The van der Waals surface area contributed by atoms with Crippen LogP contribution < -0.4 is 15.2 Å². The van der Waals surface area contributed by atoms with Crippen LogP contribution in [0.2, 0.25) is 0 Å². The van der Waals surface area contributed by atoms with Crippen molar-refractivity contribution in [3.05, 3.63) is 23.3 Å². The summed E-state index contributed by atoms with van der Waals surface area (Å²) in [5.41, 5.74) is 8.41. The summed E-state index contributed by atoms with van der Waals surface area (Å²) in [5.74, 6) is 2.52. The largest absolute Gasteiger partial charge is 0.454 e. The highest BCUT2D eigenvalue weighted by molar-refractivity contribution is 5.48. The number of fused-ring (bicyclic) bond motifs is 1. The van der Waals surface area contributed by atoms with E-state index in [4.69, 9.17) is 15.2 Å². The molecule has 2 N–H and O–H groups in total. The molecule has 1 aromatic rings. The lowest BCUT2D eigenvalue weighted by molar-refractivity contribution is 0.173. The number of benzene rings is 1. The van der Waals surface area contributed by atoms with E-state index in [1.54, 1.807) is 0 Å². The Labute approximate surface area is 114 Å². The van der Waals surface area contributed by atoms with Crippen molar-refractivity contribution in [2.45, 2.75) is 32.4 Å². The zero-order chi connectivity index (χ0) is 13.4. The van der Waals surface area contributed by atoms with Crippen LogP contribution in [0.1, 0.15) is 24.0 Å². The number of nitrogens with two attached hydrogens (primary N) is 1. The van der Waals surface area contributed by atoms with Crippen LogP contribution in [-0.4, -0.2) is 31.3 Å². The van der Waals surface area contributed by atoms with Crippen LogP contribution in [0.4, 0.5) is 0 Å².